The van der Waals surface area contributed by atoms with Crippen molar-refractivity contribution in [2.75, 3.05) is 0 Å². The molecule has 1 unspecified atom stereocenters. The zero-order valence-corrected chi connectivity index (χ0v) is 11.5. The number of hydrazine groups is 1. The molecule has 0 saturated carbocycles. The first kappa shape index (κ1) is 14.3. The maximum atomic E-state index is 13.1. The predicted octanol–water partition coefficient (Wildman–Crippen LogP) is 3.88. The molecule has 0 aromatic heterocycles. The molecule has 2 rings (SSSR count). The highest BCUT2D eigenvalue weighted by atomic mass is 35.5. The van der Waals surface area contributed by atoms with Crippen molar-refractivity contribution in [1.82, 2.24) is 5.43 Å². The summed E-state index contributed by atoms with van der Waals surface area (Å²) >= 11 is 11.7. The van der Waals surface area contributed by atoms with Crippen LogP contribution in [0, 0.1) is 5.82 Å². The molecule has 2 aromatic rings. The van der Waals surface area contributed by atoms with Crippen LogP contribution in [0.3, 0.4) is 0 Å². The summed E-state index contributed by atoms with van der Waals surface area (Å²) in [5.74, 6) is 5.14. The van der Waals surface area contributed by atoms with E-state index in [4.69, 9.17) is 29.0 Å². The van der Waals surface area contributed by atoms with Gasteiger partial charge in [0.2, 0.25) is 0 Å². The van der Waals surface area contributed by atoms with Crippen molar-refractivity contribution in [2.24, 2.45) is 5.84 Å². The maximum Gasteiger partial charge on any atom is 0.141 e. The average molecular weight is 299 g/mol. The Balaban J connectivity index is 2.21. The molecule has 0 saturated heterocycles. The number of rotatable bonds is 4. The normalized spacial score (nSPS) is 12.4. The summed E-state index contributed by atoms with van der Waals surface area (Å²) in [6, 6.07) is 12.0. The molecule has 2 nitrogen and oxygen atoms in total. The third-order valence-corrected chi connectivity index (χ3v) is 3.40. The van der Waals surface area contributed by atoms with Crippen LogP contribution in [0.4, 0.5) is 4.39 Å². The van der Waals surface area contributed by atoms with Gasteiger partial charge in [-0.05, 0) is 41.8 Å². The van der Waals surface area contributed by atoms with Gasteiger partial charge in [-0.25, -0.2) is 4.39 Å². The molecule has 1 atom stereocenters. The second-order valence-corrected chi connectivity index (χ2v) is 5.07. The van der Waals surface area contributed by atoms with Gasteiger partial charge in [0.25, 0.3) is 0 Å². The van der Waals surface area contributed by atoms with E-state index in [1.165, 1.54) is 6.07 Å². The fraction of sp³-hybridized carbons (Fsp3) is 0.143. The third kappa shape index (κ3) is 3.67. The van der Waals surface area contributed by atoms with Crippen LogP contribution < -0.4 is 11.3 Å². The Hall–Kier alpha value is -1.13. The minimum absolute atomic E-state index is 0.111. The molecule has 0 spiro atoms. The first-order valence-corrected chi connectivity index (χ1v) is 6.51. The van der Waals surface area contributed by atoms with Crippen LogP contribution in [0.15, 0.2) is 42.5 Å². The first-order valence-electron chi connectivity index (χ1n) is 5.75. The summed E-state index contributed by atoms with van der Waals surface area (Å²) in [5, 5.41) is 0.759. The van der Waals surface area contributed by atoms with Crippen LogP contribution in [0.25, 0.3) is 0 Å². The molecule has 2 aromatic carbocycles. The monoisotopic (exact) mass is 298 g/mol. The molecule has 19 heavy (non-hydrogen) atoms. The van der Waals surface area contributed by atoms with Crippen LogP contribution in [-0.4, -0.2) is 0 Å². The fourth-order valence-electron chi connectivity index (χ4n) is 1.90. The summed E-state index contributed by atoms with van der Waals surface area (Å²) in [6.45, 7) is 0. The highest BCUT2D eigenvalue weighted by Gasteiger charge is 2.12. The van der Waals surface area contributed by atoms with Gasteiger partial charge in [-0.2, -0.15) is 0 Å². The second kappa shape index (κ2) is 6.35. The SMILES string of the molecule is NNC(Cc1ccc(F)c(Cl)c1)c1cccc(Cl)c1. The van der Waals surface area contributed by atoms with Gasteiger partial charge >= 0.3 is 0 Å². The Labute approximate surface area is 121 Å². The van der Waals surface area contributed by atoms with Crippen molar-refractivity contribution in [3.63, 3.8) is 0 Å². The first-order chi connectivity index (χ1) is 9.10. The minimum Gasteiger partial charge on any atom is -0.271 e. The molecule has 0 fully saturated rings. The molecular formula is C14H13Cl2FN2. The Morgan fingerprint density at radius 3 is 2.58 bits per heavy atom. The van der Waals surface area contributed by atoms with Crippen LogP contribution >= 0.6 is 23.2 Å². The van der Waals surface area contributed by atoms with Crippen molar-refractivity contribution in [3.05, 3.63) is 69.5 Å². The summed E-state index contributed by atoms with van der Waals surface area (Å²) in [4.78, 5) is 0. The lowest BCUT2D eigenvalue weighted by Gasteiger charge is -2.17. The van der Waals surface area contributed by atoms with Gasteiger partial charge in [0.1, 0.15) is 5.82 Å². The average Bonchev–Trinajstić information content (AvgIpc) is 2.40. The zero-order chi connectivity index (χ0) is 13.8. The summed E-state index contributed by atoms with van der Waals surface area (Å²) < 4.78 is 13.1. The Bertz CT molecular complexity index is 575. The molecule has 100 valence electrons. The van der Waals surface area contributed by atoms with E-state index in [0.717, 1.165) is 11.1 Å². The van der Waals surface area contributed by atoms with Crippen LogP contribution in [0.5, 0.6) is 0 Å². The summed E-state index contributed by atoms with van der Waals surface area (Å²) in [7, 11) is 0. The summed E-state index contributed by atoms with van der Waals surface area (Å²) in [6.07, 6.45) is 0.594. The van der Waals surface area contributed by atoms with Gasteiger partial charge in [0.05, 0.1) is 11.1 Å². The molecule has 0 amide bonds. The van der Waals surface area contributed by atoms with Gasteiger partial charge in [-0.15, -0.1) is 0 Å². The Morgan fingerprint density at radius 2 is 1.95 bits per heavy atom. The molecule has 5 heteroatoms. The van der Waals surface area contributed by atoms with Crippen molar-refractivity contribution in [1.29, 1.82) is 0 Å². The summed E-state index contributed by atoms with van der Waals surface area (Å²) in [5.41, 5.74) is 4.60. The van der Waals surface area contributed by atoms with Crippen molar-refractivity contribution >= 4 is 23.2 Å². The number of benzene rings is 2. The van der Waals surface area contributed by atoms with E-state index in [0.29, 0.717) is 11.4 Å². The van der Waals surface area contributed by atoms with Gasteiger partial charge in [0.15, 0.2) is 0 Å². The van der Waals surface area contributed by atoms with E-state index in [-0.39, 0.29) is 11.1 Å². The molecular weight excluding hydrogens is 286 g/mol. The highest BCUT2D eigenvalue weighted by molar-refractivity contribution is 6.31. The number of nitrogens with two attached hydrogens (primary N) is 1. The lowest BCUT2D eigenvalue weighted by atomic mass is 9.99. The van der Waals surface area contributed by atoms with E-state index in [2.05, 4.69) is 5.43 Å². The molecule has 0 aliphatic rings. The standard InChI is InChI=1S/C14H13Cl2FN2/c15-11-3-1-2-10(8-11)14(19-18)7-9-4-5-13(17)12(16)6-9/h1-6,8,14,19H,7,18H2. The maximum absolute atomic E-state index is 13.1. The smallest absolute Gasteiger partial charge is 0.141 e. The highest BCUT2D eigenvalue weighted by Crippen LogP contribution is 2.23. The van der Waals surface area contributed by atoms with E-state index in [1.54, 1.807) is 18.2 Å². The Kier molecular flexibility index (Phi) is 4.77. The lowest BCUT2D eigenvalue weighted by Crippen LogP contribution is -2.29. The van der Waals surface area contributed by atoms with E-state index in [1.807, 2.05) is 18.2 Å². The largest absolute Gasteiger partial charge is 0.271 e. The van der Waals surface area contributed by atoms with Crippen LogP contribution in [-0.2, 0) is 6.42 Å². The van der Waals surface area contributed by atoms with Crippen molar-refractivity contribution < 1.29 is 4.39 Å². The molecule has 0 heterocycles. The van der Waals surface area contributed by atoms with E-state index in [9.17, 15) is 4.39 Å². The van der Waals surface area contributed by atoms with Gasteiger partial charge in [-0.1, -0.05) is 41.4 Å². The topological polar surface area (TPSA) is 38.0 Å². The second-order valence-electron chi connectivity index (χ2n) is 4.23. The van der Waals surface area contributed by atoms with Gasteiger partial charge < -0.3 is 0 Å². The number of nitrogens with one attached hydrogen (secondary N) is 1. The third-order valence-electron chi connectivity index (χ3n) is 2.88. The molecule has 3 N–H and O–H groups in total. The molecule has 0 radical (unpaired) electrons. The fourth-order valence-corrected chi connectivity index (χ4v) is 2.30. The molecule has 0 aliphatic heterocycles. The lowest BCUT2D eigenvalue weighted by molar-refractivity contribution is 0.551. The number of hydrogen-bond acceptors (Lipinski definition) is 2. The van der Waals surface area contributed by atoms with Crippen LogP contribution in [0.2, 0.25) is 10.0 Å². The van der Waals surface area contributed by atoms with Gasteiger partial charge in [0, 0.05) is 5.02 Å². The van der Waals surface area contributed by atoms with E-state index >= 15 is 0 Å². The molecule has 0 aliphatic carbocycles. The van der Waals surface area contributed by atoms with Crippen LogP contribution in [0.1, 0.15) is 17.2 Å². The molecule has 0 bridgehead atoms. The predicted molar refractivity (Wildman–Crippen MR) is 76.6 cm³/mol. The Morgan fingerprint density at radius 1 is 1.16 bits per heavy atom. The van der Waals surface area contributed by atoms with Crippen molar-refractivity contribution in [2.45, 2.75) is 12.5 Å². The van der Waals surface area contributed by atoms with Crippen molar-refractivity contribution in [3.8, 4) is 0 Å². The zero-order valence-electron chi connectivity index (χ0n) is 10.0. The quantitative estimate of drug-likeness (QED) is 0.664. The number of hydrogen-bond donors (Lipinski definition) is 2. The van der Waals surface area contributed by atoms with Gasteiger partial charge in [-0.3, -0.25) is 11.3 Å². The minimum atomic E-state index is -0.426. The number of halogens is 3. The van der Waals surface area contributed by atoms with E-state index < -0.39 is 5.82 Å².